The largest absolute Gasteiger partial charge is 0.457 e. The smallest absolute Gasteiger partial charge is 0.393 e. The summed E-state index contributed by atoms with van der Waals surface area (Å²) in [5.41, 5.74) is 10.6. The fourth-order valence-electron chi connectivity index (χ4n) is 6.33. The Morgan fingerprint density at radius 2 is 1.57 bits per heavy atom. The summed E-state index contributed by atoms with van der Waals surface area (Å²) < 4.78 is 47.4. The van der Waals surface area contributed by atoms with Crippen molar-refractivity contribution in [3.05, 3.63) is 94.0 Å². The van der Waals surface area contributed by atoms with Crippen LogP contribution in [0.25, 0.3) is 21.9 Å². The SMILES string of the molecule is CCCCN(CCCC)C(=O)c1ccc(Oc2cc(C(C)(C)C)cc3cc4c(c(-c5cc(C)cc(CC(F)(F)F)c5)c23)C(N)=NC4=N)cc1. The molecule has 258 valence electrons. The van der Waals surface area contributed by atoms with Crippen LogP contribution in [0.1, 0.15) is 98.5 Å². The van der Waals surface area contributed by atoms with E-state index in [9.17, 15) is 18.0 Å². The molecule has 5 rings (SSSR count). The van der Waals surface area contributed by atoms with Gasteiger partial charge in [0, 0.05) is 40.7 Å². The summed E-state index contributed by atoms with van der Waals surface area (Å²) in [5.74, 6) is 1.09. The second kappa shape index (κ2) is 14.1. The average molecular weight is 671 g/mol. The first-order chi connectivity index (χ1) is 23.1. The van der Waals surface area contributed by atoms with Crippen LogP contribution in [0.2, 0.25) is 0 Å². The number of hydrogen-bond acceptors (Lipinski definition) is 4. The summed E-state index contributed by atoms with van der Waals surface area (Å²) in [5, 5.41) is 9.98. The maximum Gasteiger partial charge on any atom is 0.393 e. The number of unbranched alkanes of at least 4 members (excludes halogenated alkanes) is 2. The summed E-state index contributed by atoms with van der Waals surface area (Å²) in [6.07, 6.45) is -1.59. The zero-order valence-corrected chi connectivity index (χ0v) is 29.1. The Kier molecular flexibility index (Phi) is 10.2. The molecule has 4 aromatic carbocycles. The third-order valence-corrected chi connectivity index (χ3v) is 8.82. The number of nitrogens with two attached hydrogens (primary N) is 1. The minimum absolute atomic E-state index is 0.00498. The maximum absolute atomic E-state index is 13.6. The van der Waals surface area contributed by atoms with Crippen molar-refractivity contribution in [2.24, 2.45) is 10.7 Å². The van der Waals surface area contributed by atoms with Gasteiger partial charge >= 0.3 is 6.18 Å². The topological polar surface area (TPSA) is 91.8 Å². The van der Waals surface area contributed by atoms with Gasteiger partial charge in [0.2, 0.25) is 0 Å². The van der Waals surface area contributed by atoms with E-state index in [0.29, 0.717) is 63.4 Å². The van der Waals surface area contributed by atoms with E-state index in [1.54, 1.807) is 31.2 Å². The van der Waals surface area contributed by atoms with Gasteiger partial charge in [-0.25, -0.2) is 4.99 Å². The minimum Gasteiger partial charge on any atom is -0.457 e. The lowest BCUT2D eigenvalue weighted by Crippen LogP contribution is -2.32. The van der Waals surface area contributed by atoms with Crippen molar-refractivity contribution < 1.29 is 22.7 Å². The molecule has 0 spiro atoms. The first-order valence-electron chi connectivity index (χ1n) is 16.9. The number of benzene rings is 4. The number of nitrogens with zero attached hydrogens (tertiary/aromatic N) is 2. The molecule has 1 aliphatic heterocycles. The molecule has 6 nitrogen and oxygen atoms in total. The third kappa shape index (κ3) is 7.98. The van der Waals surface area contributed by atoms with Gasteiger partial charge in [-0.1, -0.05) is 77.3 Å². The number of halogens is 3. The van der Waals surface area contributed by atoms with Crippen molar-refractivity contribution in [2.75, 3.05) is 13.1 Å². The number of aryl methyl sites for hydroxylation is 1. The predicted octanol–water partition coefficient (Wildman–Crippen LogP) is 10.1. The highest BCUT2D eigenvalue weighted by Crippen LogP contribution is 2.45. The van der Waals surface area contributed by atoms with Crippen LogP contribution in [0, 0.1) is 12.3 Å². The molecule has 1 heterocycles. The summed E-state index contributed by atoms with van der Waals surface area (Å²) in [4.78, 5) is 19.6. The van der Waals surface area contributed by atoms with E-state index >= 15 is 0 Å². The lowest BCUT2D eigenvalue weighted by Gasteiger charge is -2.24. The summed E-state index contributed by atoms with van der Waals surface area (Å²) in [6.45, 7) is 13.7. The number of carbonyl (C=O) groups is 1. The Hall–Kier alpha value is -4.66. The Morgan fingerprint density at radius 1 is 0.918 bits per heavy atom. The first kappa shape index (κ1) is 35.6. The maximum atomic E-state index is 13.6. The van der Waals surface area contributed by atoms with Crippen molar-refractivity contribution in [2.45, 2.75) is 85.2 Å². The molecule has 0 unspecified atom stereocenters. The highest BCUT2D eigenvalue weighted by Gasteiger charge is 2.31. The highest BCUT2D eigenvalue weighted by atomic mass is 19.4. The number of amides is 1. The van der Waals surface area contributed by atoms with Gasteiger partial charge in [-0.2, -0.15) is 13.2 Å². The van der Waals surface area contributed by atoms with E-state index in [1.165, 1.54) is 12.1 Å². The molecule has 0 saturated heterocycles. The quantitative estimate of drug-likeness (QED) is 0.166. The number of carbonyl (C=O) groups excluding carboxylic acids is 1. The van der Waals surface area contributed by atoms with Gasteiger partial charge in [0.15, 0.2) is 5.84 Å². The second-order valence-corrected chi connectivity index (χ2v) is 14.0. The van der Waals surface area contributed by atoms with Crippen molar-refractivity contribution >= 4 is 28.4 Å². The number of hydrogen-bond donors (Lipinski definition) is 2. The van der Waals surface area contributed by atoms with Gasteiger partial charge in [-0.15, -0.1) is 0 Å². The molecule has 49 heavy (non-hydrogen) atoms. The zero-order valence-electron chi connectivity index (χ0n) is 29.1. The number of fused-ring (bicyclic) bond motifs is 2. The zero-order chi connectivity index (χ0) is 35.7. The molecule has 0 aliphatic carbocycles. The molecule has 1 aliphatic rings. The number of rotatable bonds is 11. The van der Waals surface area contributed by atoms with Crippen LogP contribution in [-0.2, 0) is 11.8 Å². The van der Waals surface area contributed by atoms with E-state index in [0.717, 1.165) is 36.6 Å². The summed E-state index contributed by atoms with van der Waals surface area (Å²) >= 11 is 0. The third-order valence-electron chi connectivity index (χ3n) is 8.82. The lowest BCUT2D eigenvalue weighted by atomic mass is 9.82. The molecule has 0 atom stereocenters. The van der Waals surface area contributed by atoms with Crippen LogP contribution >= 0.6 is 0 Å². The molecular weight excluding hydrogens is 625 g/mol. The van der Waals surface area contributed by atoms with E-state index < -0.39 is 12.6 Å². The van der Waals surface area contributed by atoms with E-state index in [2.05, 4.69) is 39.6 Å². The number of aliphatic imine (C=N–C) groups is 1. The van der Waals surface area contributed by atoms with Crippen LogP contribution in [0.4, 0.5) is 13.2 Å². The Labute approximate surface area is 286 Å². The molecule has 4 aromatic rings. The molecule has 0 saturated carbocycles. The Morgan fingerprint density at radius 3 is 2.16 bits per heavy atom. The molecule has 0 radical (unpaired) electrons. The second-order valence-electron chi connectivity index (χ2n) is 14.0. The summed E-state index contributed by atoms with van der Waals surface area (Å²) in [7, 11) is 0. The number of nitrogens with one attached hydrogen (secondary N) is 1. The monoisotopic (exact) mass is 670 g/mol. The van der Waals surface area contributed by atoms with Gasteiger partial charge in [0.25, 0.3) is 5.91 Å². The molecular formula is C40H45F3N4O2. The highest BCUT2D eigenvalue weighted by molar-refractivity contribution is 6.27. The van der Waals surface area contributed by atoms with Crippen molar-refractivity contribution in [3.63, 3.8) is 0 Å². The van der Waals surface area contributed by atoms with Gasteiger partial charge in [-0.05, 0) is 83.7 Å². The average Bonchev–Trinajstić information content (AvgIpc) is 3.30. The number of ether oxygens (including phenoxy) is 1. The fraction of sp³-hybridized carbons (Fsp3) is 0.375. The van der Waals surface area contributed by atoms with Crippen LogP contribution < -0.4 is 10.5 Å². The standard InChI is InChI=1S/C40H45F3N4O2/c1-7-9-15-47(16-10-8-2)38(48)26-11-13-30(14-12-26)49-32-22-29(39(4,5)6)20-28-21-31-35(37(45)46-36(31)44)34(33(28)32)27-18-24(3)17-25(19-27)23-40(41,42)43/h11-14,17-22H,7-10,15-16,23H2,1-6H3,(H3,44,45,46). The van der Waals surface area contributed by atoms with E-state index in [4.69, 9.17) is 15.9 Å². The van der Waals surface area contributed by atoms with Gasteiger partial charge in [-0.3, -0.25) is 10.2 Å². The molecule has 1 amide bonds. The van der Waals surface area contributed by atoms with Crippen molar-refractivity contribution in [1.29, 1.82) is 5.41 Å². The van der Waals surface area contributed by atoms with Crippen LogP contribution in [0.3, 0.4) is 0 Å². The predicted molar refractivity (Wildman–Crippen MR) is 192 cm³/mol. The number of alkyl halides is 3. The van der Waals surface area contributed by atoms with Crippen LogP contribution in [0.15, 0.2) is 65.7 Å². The Balaban J connectivity index is 1.68. The molecule has 0 fully saturated rings. The van der Waals surface area contributed by atoms with E-state index in [1.807, 2.05) is 29.2 Å². The van der Waals surface area contributed by atoms with Gasteiger partial charge in [0.05, 0.1) is 6.42 Å². The lowest BCUT2D eigenvalue weighted by molar-refractivity contribution is -0.127. The van der Waals surface area contributed by atoms with E-state index in [-0.39, 0.29) is 28.6 Å². The normalized spacial score (nSPS) is 13.1. The Bertz CT molecular complexity index is 1910. The van der Waals surface area contributed by atoms with Crippen LogP contribution in [-0.4, -0.2) is 41.7 Å². The molecule has 9 heteroatoms. The molecule has 0 bridgehead atoms. The van der Waals surface area contributed by atoms with Crippen LogP contribution in [0.5, 0.6) is 11.5 Å². The minimum atomic E-state index is -4.39. The van der Waals surface area contributed by atoms with Gasteiger partial charge < -0.3 is 15.4 Å². The number of amidine groups is 2. The van der Waals surface area contributed by atoms with Gasteiger partial charge in [0.1, 0.15) is 17.3 Å². The first-order valence-corrected chi connectivity index (χ1v) is 16.9. The van der Waals surface area contributed by atoms with Crippen molar-refractivity contribution in [3.8, 4) is 22.6 Å². The molecule has 0 aromatic heterocycles. The molecule has 3 N–H and O–H groups in total. The fourth-order valence-corrected chi connectivity index (χ4v) is 6.33. The van der Waals surface area contributed by atoms with Crippen molar-refractivity contribution in [1.82, 2.24) is 4.90 Å². The summed E-state index contributed by atoms with van der Waals surface area (Å²) in [6, 6.07) is 17.8.